The van der Waals surface area contributed by atoms with Crippen LogP contribution in [0.5, 0.6) is 11.5 Å². The summed E-state index contributed by atoms with van der Waals surface area (Å²) in [7, 11) is 3.13. The average Bonchev–Trinajstić information content (AvgIpc) is 2.90. The summed E-state index contributed by atoms with van der Waals surface area (Å²) in [5, 5.41) is 6.64. The monoisotopic (exact) mass is 395 g/mol. The summed E-state index contributed by atoms with van der Waals surface area (Å²) >= 11 is 7.80. The summed E-state index contributed by atoms with van der Waals surface area (Å²) in [6, 6.07) is 3.24. The van der Waals surface area contributed by atoms with Gasteiger partial charge in [0.1, 0.15) is 22.7 Å². The van der Waals surface area contributed by atoms with E-state index >= 15 is 0 Å². The largest absolute Gasteiger partial charge is 0.495 e. The van der Waals surface area contributed by atoms with Crippen molar-refractivity contribution in [1.29, 1.82) is 0 Å². The molecule has 0 fully saturated rings. The van der Waals surface area contributed by atoms with Crippen LogP contribution in [0.25, 0.3) is 0 Å². The van der Waals surface area contributed by atoms with Crippen LogP contribution >= 0.6 is 23.4 Å². The van der Waals surface area contributed by atoms with Gasteiger partial charge < -0.3 is 20.1 Å². The van der Waals surface area contributed by atoms with Gasteiger partial charge in [-0.2, -0.15) is 0 Å². The van der Waals surface area contributed by atoms with Crippen LogP contribution in [0.2, 0.25) is 5.02 Å². The Morgan fingerprint density at radius 1 is 1.27 bits per heavy atom. The molecule has 0 aliphatic carbocycles. The first-order valence-corrected chi connectivity index (χ1v) is 9.52. The lowest BCUT2D eigenvalue weighted by Crippen LogP contribution is -2.49. The number of hydrogen-bond acceptors (Lipinski definition) is 6. The molecule has 3 atom stereocenters. The van der Waals surface area contributed by atoms with Crippen LogP contribution in [-0.2, 0) is 4.79 Å². The van der Waals surface area contributed by atoms with E-state index in [1.165, 1.54) is 4.91 Å². The second-order valence-electron chi connectivity index (χ2n) is 6.28. The normalized spacial score (nSPS) is 23.2. The number of methoxy groups -OCH3 is 2. The van der Waals surface area contributed by atoms with Gasteiger partial charge in [-0.25, -0.2) is 0 Å². The smallest absolute Gasteiger partial charge is 0.235 e. The minimum Gasteiger partial charge on any atom is -0.495 e. The zero-order chi connectivity index (χ0) is 19.0. The van der Waals surface area contributed by atoms with Crippen molar-refractivity contribution in [2.75, 3.05) is 19.5 Å². The number of aliphatic imine (C=N–C) groups is 1. The first-order valence-electron chi connectivity index (χ1n) is 8.26. The lowest BCUT2D eigenvalue weighted by atomic mass is 9.97. The van der Waals surface area contributed by atoms with Gasteiger partial charge in [-0.1, -0.05) is 11.6 Å². The highest BCUT2D eigenvalue weighted by atomic mass is 35.5. The van der Waals surface area contributed by atoms with Gasteiger partial charge in [0, 0.05) is 12.1 Å². The molecule has 0 bridgehead atoms. The van der Waals surface area contributed by atoms with E-state index in [2.05, 4.69) is 10.6 Å². The molecule has 2 heterocycles. The molecule has 2 aliphatic rings. The number of fused-ring (bicyclic) bond motifs is 1. The molecule has 3 rings (SSSR count). The molecule has 2 N–H and O–H groups in total. The lowest BCUT2D eigenvalue weighted by molar-refractivity contribution is -0.122. The number of carbonyl (C=O) groups excluding carboxylic acids is 1. The Kier molecular flexibility index (Phi) is 5.39. The number of benzene rings is 1. The maximum absolute atomic E-state index is 12.5. The molecular formula is C18H22ClN3O3S. The molecule has 1 aromatic carbocycles. The van der Waals surface area contributed by atoms with Gasteiger partial charge in [-0.15, -0.1) is 11.8 Å². The molecule has 0 aromatic heterocycles. The Labute approximate surface area is 162 Å². The van der Waals surface area contributed by atoms with Crippen molar-refractivity contribution in [3.63, 3.8) is 0 Å². The van der Waals surface area contributed by atoms with E-state index < -0.39 is 0 Å². The quantitative estimate of drug-likeness (QED) is 0.795. The number of ether oxygens (including phenoxy) is 2. The Hall–Kier alpha value is -1.86. The number of rotatable bonds is 5. The number of amidine groups is 1. The standard InChI is InChI=1S/C18H22ClN3O3S/c1-8-10(3)26-18-15(8)17(23)21-16(22-18)9(2)20-12-7-13(24-4)11(19)6-14(12)25-5/h6-7,9,15,18,20H,1-5H3,(H,21,22,23)/t9-,15-,18+/m1/s1. The van der Waals surface area contributed by atoms with Crippen molar-refractivity contribution >= 4 is 40.8 Å². The molecule has 6 nitrogen and oxygen atoms in total. The number of nitrogens with one attached hydrogen (secondary N) is 2. The fourth-order valence-electron chi connectivity index (χ4n) is 3.07. The average molecular weight is 396 g/mol. The van der Waals surface area contributed by atoms with Crippen molar-refractivity contribution in [2.24, 2.45) is 10.9 Å². The minimum atomic E-state index is -0.221. The predicted molar refractivity (Wildman–Crippen MR) is 106 cm³/mol. The highest BCUT2D eigenvalue weighted by Gasteiger charge is 2.41. The number of nitrogens with zero attached hydrogens (tertiary/aromatic N) is 1. The Bertz CT molecular complexity index is 809. The zero-order valence-electron chi connectivity index (χ0n) is 15.3. The third-order valence-electron chi connectivity index (χ3n) is 4.66. The molecular weight excluding hydrogens is 374 g/mol. The van der Waals surface area contributed by atoms with Gasteiger partial charge >= 0.3 is 0 Å². The highest BCUT2D eigenvalue weighted by Crippen LogP contribution is 2.44. The lowest BCUT2D eigenvalue weighted by Gasteiger charge is -2.28. The Morgan fingerprint density at radius 3 is 2.62 bits per heavy atom. The maximum Gasteiger partial charge on any atom is 0.235 e. The molecule has 8 heteroatoms. The molecule has 1 amide bonds. The van der Waals surface area contributed by atoms with Crippen LogP contribution in [-0.4, -0.2) is 37.4 Å². The van der Waals surface area contributed by atoms with Crippen molar-refractivity contribution in [1.82, 2.24) is 5.32 Å². The number of allylic oxidation sites excluding steroid dienone is 1. The van der Waals surface area contributed by atoms with E-state index in [-0.39, 0.29) is 23.2 Å². The number of anilines is 1. The molecule has 2 aliphatic heterocycles. The second-order valence-corrected chi connectivity index (χ2v) is 8.02. The maximum atomic E-state index is 12.5. The molecule has 0 radical (unpaired) electrons. The van der Waals surface area contributed by atoms with Gasteiger partial charge in [0.15, 0.2) is 0 Å². The summed E-state index contributed by atoms with van der Waals surface area (Å²) in [6.45, 7) is 5.97. The van der Waals surface area contributed by atoms with E-state index in [0.717, 1.165) is 5.57 Å². The first kappa shape index (κ1) is 18.9. The van der Waals surface area contributed by atoms with E-state index in [0.29, 0.717) is 28.0 Å². The summed E-state index contributed by atoms with van der Waals surface area (Å²) in [5.41, 5.74) is 1.81. The van der Waals surface area contributed by atoms with Crippen LogP contribution in [0.4, 0.5) is 5.69 Å². The summed E-state index contributed by atoms with van der Waals surface area (Å²) in [4.78, 5) is 18.5. The topological polar surface area (TPSA) is 72.0 Å². The molecule has 1 aromatic rings. The van der Waals surface area contributed by atoms with Crippen LogP contribution in [0.1, 0.15) is 20.8 Å². The predicted octanol–water partition coefficient (Wildman–Crippen LogP) is 3.67. The number of hydrogen-bond donors (Lipinski definition) is 2. The minimum absolute atomic E-state index is 0.00356. The molecule has 0 spiro atoms. The van der Waals surface area contributed by atoms with Crippen LogP contribution in [0.15, 0.2) is 27.6 Å². The van der Waals surface area contributed by atoms with Crippen LogP contribution in [0, 0.1) is 5.92 Å². The molecule has 0 saturated carbocycles. The SMILES string of the molecule is COc1cc(N[C@H](C)C2=N[C@H]3SC(C)=C(C)[C@@H]3C(=O)N2)c(OC)cc1Cl. The van der Waals surface area contributed by atoms with E-state index in [9.17, 15) is 4.79 Å². The molecule has 0 unspecified atom stereocenters. The summed E-state index contributed by atoms with van der Waals surface area (Å²) in [5.74, 6) is 1.56. The van der Waals surface area contributed by atoms with Gasteiger partial charge in [0.05, 0.1) is 36.9 Å². The van der Waals surface area contributed by atoms with Crippen molar-refractivity contribution in [3.8, 4) is 11.5 Å². The van der Waals surface area contributed by atoms with Gasteiger partial charge in [0.25, 0.3) is 0 Å². The third kappa shape index (κ3) is 3.38. The van der Waals surface area contributed by atoms with E-state index in [4.69, 9.17) is 26.1 Å². The van der Waals surface area contributed by atoms with Crippen LogP contribution < -0.4 is 20.1 Å². The van der Waals surface area contributed by atoms with Gasteiger partial charge in [0.2, 0.25) is 5.91 Å². The highest BCUT2D eigenvalue weighted by molar-refractivity contribution is 8.04. The number of carbonyl (C=O) groups is 1. The first-order chi connectivity index (χ1) is 12.3. The van der Waals surface area contributed by atoms with E-state index in [1.807, 2.05) is 20.8 Å². The summed E-state index contributed by atoms with van der Waals surface area (Å²) < 4.78 is 10.7. The van der Waals surface area contributed by atoms with Gasteiger partial charge in [-0.3, -0.25) is 9.79 Å². The van der Waals surface area contributed by atoms with Crippen LogP contribution in [0.3, 0.4) is 0 Å². The molecule has 0 saturated heterocycles. The zero-order valence-corrected chi connectivity index (χ0v) is 16.9. The van der Waals surface area contributed by atoms with Gasteiger partial charge in [-0.05, 0) is 31.2 Å². The van der Waals surface area contributed by atoms with Crippen molar-refractivity contribution in [2.45, 2.75) is 32.2 Å². The Morgan fingerprint density at radius 2 is 1.96 bits per heavy atom. The number of amides is 1. The third-order valence-corrected chi connectivity index (χ3v) is 6.25. The Balaban J connectivity index is 1.83. The molecule has 140 valence electrons. The van der Waals surface area contributed by atoms with Crippen molar-refractivity contribution < 1.29 is 14.3 Å². The molecule has 26 heavy (non-hydrogen) atoms. The van der Waals surface area contributed by atoms with E-state index in [1.54, 1.807) is 38.1 Å². The fourth-order valence-corrected chi connectivity index (χ4v) is 4.61. The number of thioether (sulfide) groups is 1. The number of halogens is 1. The second kappa shape index (κ2) is 7.40. The fraction of sp³-hybridized carbons (Fsp3) is 0.444. The van der Waals surface area contributed by atoms with Crippen molar-refractivity contribution in [3.05, 3.63) is 27.6 Å². The summed E-state index contributed by atoms with van der Waals surface area (Å²) in [6.07, 6.45) is 0.